The molecule has 0 spiro atoms. The molecule has 2 aromatic rings. The molecular weight excluding hydrogens is 294 g/mol. The summed E-state index contributed by atoms with van der Waals surface area (Å²) in [5, 5.41) is 5.46. The first kappa shape index (κ1) is 16.4. The summed E-state index contributed by atoms with van der Waals surface area (Å²) < 4.78 is 4.98. The number of carbonyl (C=O) groups is 2. The van der Waals surface area contributed by atoms with Crippen LogP contribution in [0.2, 0.25) is 0 Å². The molecule has 2 rings (SSSR count). The van der Waals surface area contributed by atoms with Crippen molar-refractivity contribution < 1.29 is 14.3 Å². The molecule has 0 bridgehead atoms. The number of nitrogens with one attached hydrogen (secondary N) is 2. The van der Waals surface area contributed by atoms with E-state index in [0.29, 0.717) is 17.1 Å². The number of carbonyl (C=O) groups excluding carboxylic acids is 2. The van der Waals surface area contributed by atoms with Crippen LogP contribution in [-0.2, 0) is 4.79 Å². The van der Waals surface area contributed by atoms with E-state index in [9.17, 15) is 9.59 Å². The molecule has 2 aromatic carbocycles. The first-order valence-corrected chi connectivity index (χ1v) is 7.08. The molecule has 0 saturated carbocycles. The van der Waals surface area contributed by atoms with E-state index in [4.69, 9.17) is 4.74 Å². The third kappa shape index (κ3) is 5.03. The molecule has 2 amide bonds. The van der Waals surface area contributed by atoms with Crippen molar-refractivity contribution in [2.75, 3.05) is 29.6 Å². The molecule has 0 atom stereocenters. The van der Waals surface area contributed by atoms with Gasteiger partial charge in [0.1, 0.15) is 5.75 Å². The van der Waals surface area contributed by atoms with Gasteiger partial charge in [0.05, 0.1) is 0 Å². The maximum Gasteiger partial charge on any atom is 0.323 e. The number of esters is 1. The summed E-state index contributed by atoms with van der Waals surface area (Å²) in [6.07, 6.45) is 0. The Kier molecular flexibility index (Phi) is 5.19. The quantitative estimate of drug-likeness (QED) is 0.671. The third-order valence-corrected chi connectivity index (χ3v) is 2.97. The van der Waals surface area contributed by atoms with Crippen molar-refractivity contribution in [1.82, 2.24) is 0 Å². The molecule has 0 aliphatic carbocycles. The SMILES string of the molecule is CC(=O)Oc1cccc(NC(=O)Nc2cccc(N(C)C)c2)c1. The molecule has 0 unspecified atom stereocenters. The molecule has 0 radical (unpaired) electrons. The molecule has 6 heteroatoms. The monoisotopic (exact) mass is 313 g/mol. The molecule has 23 heavy (non-hydrogen) atoms. The number of anilines is 3. The van der Waals surface area contributed by atoms with Gasteiger partial charge in [0.15, 0.2) is 0 Å². The van der Waals surface area contributed by atoms with Gasteiger partial charge in [-0.05, 0) is 30.3 Å². The maximum absolute atomic E-state index is 12.1. The average Bonchev–Trinajstić information content (AvgIpc) is 2.47. The zero-order valence-electron chi connectivity index (χ0n) is 13.3. The van der Waals surface area contributed by atoms with E-state index in [2.05, 4.69) is 10.6 Å². The Morgan fingerprint density at radius 1 is 0.957 bits per heavy atom. The van der Waals surface area contributed by atoms with Crippen molar-refractivity contribution in [3.8, 4) is 5.75 Å². The van der Waals surface area contributed by atoms with Crippen LogP contribution >= 0.6 is 0 Å². The summed E-state index contributed by atoms with van der Waals surface area (Å²) in [6.45, 7) is 1.32. The van der Waals surface area contributed by atoms with Crippen LogP contribution in [0.5, 0.6) is 5.75 Å². The van der Waals surface area contributed by atoms with Crippen molar-refractivity contribution in [3.05, 3.63) is 48.5 Å². The van der Waals surface area contributed by atoms with E-state index in [1.54, 1.807) is 24.3 Å². The Labute approximate surface area is 135 Å². The van der Waals surface area contributed by atoms with Gasteiger partial charge in [0, 0.05) is 44.1 Å². The van der Waals surface area contributed by atoms with Gasteiger partial charge in [0.2, 0.25) is 0 Å². The summed E-state index contributed by atoms with van der Waals surface area (Å²) in [5.74, 6) is -0.0305. The highest BCUT2D eigenvalue weighted by atomic mass is 16.5. The Morgan fingerprint density at radius 2 is 1.57 bits per heavy atom. The summed E-state index contributed by atoms with van der Waals surface area (Å²) in [7, 11) is 3.86. The summed E-state index contributed by atoms with van der Waals surface area (Å²) >= 11 is 0. The molecule has 0 fully saturated rings. The number of hydrogen-bond acceptors (Lipinski definition) is 4. The number of rotatable bonds is 4. The van der Waals surface area contributed by atoms with Gasteiger partial charge < -0.3 is 20.3 Å². The second-order valence-corrected chi connectivity index (χ2v) is 5.15. The number of nitrogens with zero attached hydrogens (tertiary/aromatic N) is 1. The molecule has 0 saturated heterocycles. The van der Waals surface area contributed by atoms with Gasteiger partial charge in [-0.2, -0.15) is 0 Å². The molecule has 0 aliphatic rings. The van der Waals surface area contributed by atoms with Crippen LogP contribution in [-0.4, -0.2) is 26.1 Å². The predicted octanol–water partition coefficient (Wildman–Crippen LogP) is 3.32. The Balaban J connectivity index is 2.02. The zero-order valence-corrected chi connectivity index (χ0v) is 13.3. The van der Waals surface area contributed by atoms with Gasteiger partial charge in [0.25, 0.3) is 0 Å². The lowest BCUT2D eigenvalue weighted by molar-refractivity contribution is -0.131. The number of amides is 2. The minimum Gasteiger partial charge on any atom is -0.427 e. The van der Waals surface area contributed by atoms with Gasteiger partial charge >= 0.3 is 12.0 Å². The van der Waals surface area contributed by atoms with E-state index in [0.717, 1.165) is 5.69 Å². The van der Waals surface area contributed by atoms with Crippen molar-refractivity contribution in [3.63, 3.8) is 0 Å². The highest BCUT2D eigenvalue weighted by Gasteiger charge is 2.06. The number of hydrogen-bond donors (Lipinski definition) is 2. The van der Waals surface area contributed by atoms with Crippen molar-refractivity contribution >= 4 is 29.1 Å². The first-order valence-electron chi connectivity index (χ1n) is 7.08. The second-order valence-electron chi connectivity index (χ2n) is 5.15. The van der Waals surface area contributed by atoms with E-state index in [1.165, 1.54) is 6.92 Å². The van der Waals surface area contributed by atoms with Crippen molar-refractivity contribution in [1.29, 1.82) is 0 Å². The number of urea groups is 1. The number of ether oxygens (including phenoxy) is 1. The van der Waals surface area contributed by atoms with Crippen LogP contribution in [0.4, 0.5) is 21.9 Å². The Morgan fingerprint density at radius 3 is 2.17 bits per heavy atom. The lowest BCUT2D eigenvalue weighted by atomic mass is 10.2. The number of benzene rings is 2. The van der Waals surface area contributed by atoms with Gasteiger partial charge in [-0.1, -0.05) is 12.1 Å². The van der Waals surface area contributed by atoms with Gasteiger partial charge in [-0.3, -0.25) is 4.79 Å². The van der Waals surface area contributed by atoms with Crippen LogP contribution in [0.25, 0.3) is 0 Å². The molecule has 6 nitrogen and oxygen atoms in total. The third-order valence-electron chi connectivity index (χ3n) is 2.97. The maximum atomic E-state index is 12.1. The lowest BCUT2D eigenvalue weighted by Gasteiger charge is -2.14. The fourth-order valence-corrected chi connectivity index (χ4v) is 1.96. The van der Waals surface area contributed by atoms with Crippen LogP contribution in [0.1, 0.15) is 6.92 Å². The van der Waals surface area contributed by atoms with Crippen LogP contribution in [0.3, 0.4) is 0 Å². The fourth-order valence-electron chi connectivity index (χ4n) is 1.96. The van der Waals surface area contributed by atoms with E-state index in [1.807, 2.05) is 43.3 Å². The smallest absolute Gasteiger partial charge is 0.323 e. The molecule has 0 aromatic heterocycles. The van der Waals surface area contributed by atoms with Crippen molar-refractivity contribution in [2.24, 2.45) is 0 Å². The molecule has 0 aliphatic heterocycles. The van der Waals surface area contributed by atoms with Crippen LogP contribution in [0, 0.1) is 0 Å². The topological polar surface area (TPSA) is 70.7 Å². The molecular formula is C17H19N3O3. The summed E-state index contributed by atoms with van der Waals surface area (Å²) in [4.78, 5) is 25.0. The minimum atomic E-state index is -0.410. The lowest BCUT2D eigenvalue weighted by Crippen LogP contribution is -2.19. The van der Waals surface area contributed by atoms with E-state index < -0.39 is 5.97 Å². The average molecular weight is 313 g/mol. The second kappa shape index (κ2) is 7.31. The van der Waals surface area contributed by atoms with E-state index >= 15 is 0 Å². The largest absolute Gasteiger partial charge is 0.427 e. The van der Waals surface area contributed by atoms with Gasteiger partial charge in [-0.25, -0.2) is 4.79 Å². The van der Waals surface area contributed by atoms with Crippen LogP contribution < -0.4 is 20.3 Å². The summed E-state index contributed by atoms with van der Waals surface area (Å²) in [6, 6.07) is 13.8. The first-order chi connectivity index (χ1) is 10.9. The predicted molar refractivity (Wildman–Crippen MR) is 91.2 cm³/mol. The van der Waals surface area contributed by atoms with Gasteiger partial charge in [-0.15, -0.1) is 0 Å². The molecule has 2 N–H and O–H groups in total. The highest BCUT2D eigenvalue weighted by molar-refractivity contribution is 6.00. The standard InChI is InChI=1S/C17H19N3O3/c1-12(21)23-16-9-5-7-14(11-16)19-17(22)18-13-6-4-8-15(10-13)20(2)3/h4-11H,1-3H3,(H2,18,19,22). The van der Waals surface area contributed by atoms with Crippen molar-refractivity contribution in [2.45, 2.75) is 6.92 Å². The molecule has 120 valence electrons. The fraction of sp³-hybridized carbons (Fsp3) is 0.176. The Hall–Kier alpha value is -3.02. The minimum absolute atomic E-state index is 0.374. The summed E-state index contributed by atoms with van der Waals surface area (Å²) in [5.41, 5.74) is 2.20. The zero-order chi connectivity index (χ0) is 16.8. The highest BCUT2D eigenvalue weighted by Crippen LogP contribution is 2.19. The van der Waals surface area contributed by atoms with E-state index in [-0.39, 0.29) is 6.03 Å². The Bertz CT molecular complexity index is 714. The van der Waals surface area contributed by atoms with Crippen LogP contribution in [0.15, 0.2) is 48.5 Å². The molecule has 0 heterocycles. The normalized spacial score (nSPS) is 9.87.